The van der Waals surface area contributed by atoms with Gasteiger partial charge in [0.15, 0.2) is 5.71 Å². The Morgan fingerprint density at radius 1 is 1.31 bits per heavy atom. The molecule has 1 amide bonds. The molecule has 0 bridgehead atoms. The third-order valence-electron chi connectivity index (χ3n) is 1.84. The van der Waals surface area contributed by atoms with Crippen LogP contribution >= 0.6 is 0 Å². The van der Waals surface area contributed by atoms with Crippen LogP contribution in [0.15, 0.2) is 34.4 Å². The molecule has 1 aromatic carbocycles. The molecule has 0 saturated carbocycles. The van der Waals surface area contributed by atoms with Crippen LogP contribution in [-0.4, -0.2) is 23.0 Å². The molecule has 1 aromatic rings. The molecule has 0 fully saturated rings. The maximum Gasteiger partial charge on any atom is 0.299 e. The molecule has 0 aliphatic carbocycles. The summed E-state index contributed by atoms with van der Waals surface area (Å²) in [6.45, 7) is 0. The summed E-state index contributed by atoms with van der Waals surface area (Å²) in [6, 6.07) is 7.12. The molecule has 0 radical (unpaired) electrons. The lowest BCUT2D eigenvalue weighted by atomic mass is 10.0. The molecule has 0 spiro atoms. The van der Waals surface area contributed by atoms with Crippen molar-refractivity contribution in [1.29, 1.82) is 0 Å². The largest absolute Gasteiger partial charge is 0.410 e. The lowest BCUT2D eigenvalue weighted by Gasteiger charge is -2.08. The van der Waals surface area contributed by atoms with Gasteiger partial charge in [-0.05, 0) is 0 Å². The van der Waals surface area contributed by atoms with Crippen molar-refractivity contribution >= 4 is 17.8 Å². The minimum absolute atomic E-state index is 0.00176. The molecule has 0 saturated heterocycles. The van der Waals surface area contributed by atoms with Gasteiger partial charge in [-0.3, -0.25) is 4.79 Å². The molecular weight excluding hydrogens is 168 g/mol. The molecule has 1 aliphatic heterocycles. The van der Waals surface area contributed by atoms with Gasteiger partial charge in [0.05, 0.1) is 0 Å². The second-order valence-electron chi connectivity index (χ2n) is 2.60. The second-order valence-corrected chi connectivity index (χ2v) is 2.60. The maximum atomic E-state index is 11.1. The van der Waals surface area contributed by atoms with Crippen molar-refractivity contribution < 1.29 is 10.0 Å². The van der Waals surface area contributed by atoms with Gasteiger partial charge in [-0.1, -0.05) is 29.4 Å². The Hall–Kier alpha value is -1.97. The number of benzene rings is 1. The number of amides is 1. The summed E-state index contributed by atoms with van der Waals surface area (Å²) in [5.74, 6) is -0.513. The normalized spacial score (nSPS) is 17.5. The minimum atomic E-state index is -0.513. The van der Waals surface area contributed by atoms with Crippen molar-refractivity contribution in [3.05, 3.63) is 35.4 Å². The minimum Gasteiger partial charge on any atom is -0.410 e. The van der Waals surface area contributed by atoms with E-state index in [1.165, 1.54) is 6.21 Å². The molecule has 0 atom stereocenters. The van der Waals surface area contributed by atoms with Gasteiger partial charge in [0.2, 0.25) is 0 Å². The number of fused-ring (bicyclic) bond motifs is 1. The summed E-state index contributed by atoms with van der Waals surface area (Å²) in [5, 5.41) is 11.5. The number of carbonyl (C=O) groups excluding carboxylic acids is 1. The SMILES string of the molecule is O=C1N=Cc2ccccc2C1=NO. The Kier molecular flexibility index (Phi) is 1.66. The summed E-state index contributed by atoms with van der Waals surface area (Å²) in [7, 11) is 0. The first-order chi connectivity index (χ1) is 6.33. The van der Waals surface area contributed by atoms with Gasteiger partial charge in [-0.25, -0.2) is 4.99 Å². The van der Waals surface area contributed by atoms with E-state index in [1.807, 2.05) is 6.07 Å². The quantitative estimate of drug-likeness (QED) is 0.467. The van der Waals surface area contributed by atoms with E-state index in [0.29, 0.717) is 5.56 Å². The fraction of sp³-hybridized carbons (Fsp3) is 0. The zero-order chi connectivity index (χ0) is 9.26. The van der Waals surface area contributed by atoms with Gasteiger partial charge in [0.1, 0.15) is 0 Å². The van der Waals surface area contributed by atoms with Crippen molar-refractivity contribution in [1.82, 2.24) is 0 Å². The molecule has 1 heterocycles. The Morgan fingerprint density at radius 3 is 2.85 bits per heavy atom. The van der Waals surface area contributed by atoms with Crippen molar-refractivity contribution in [3.8, 4) is 0 Å². The van der Waals surface area contributed by atoms with E-state index >= 15 is 0 Å². The van der Waals surface area contributed by atoms with Crippen LogP contribution < -0.4 is 0 Å². The van der Waals surface area contributed by atoms with Gasteiger partial charge in [0, 0.05) is 17.3 Å². The first kappa shape index (κ1) is 7.67. The van der Waals surface area contributed by atoms with E-state index < -0.39 is 5.91 Å². The first-order valence-electron chi connectivity index (χ1n) is 3.73. The number of nitrogens with zero attached hydrogens (tertiary/aromatic N) is 2. The van der Waals surface area contributed by atoms with Crippen LogP contribution in [0, 0.1) is 0 Å². The smallest absolute Gasteiger partial charge is 0.299 e. The van der Waals surface area contributed by atoms with Crippen molar-refractivity contribution in [2.24, 2.45) is 10.1 Å². The fourth-order valence-electron chi connectivity index (χ4n) is 1.23. The monoisotopic (exact) mass is 174 g/mol. The zero-order valence-corrected chi connectivity index (χ0v) is 6.64. The highest BCUT2D eigenvalue weighted by Gasteiger charge is 2.19. The lowest BCUT2D eigenvalue weighted by Crippen LogP contribution is -2.19. The van der Waals surface area contributed by atoms with Gasteiger partial charge < -0.3 is 5.21 Å². The summed E-state index contributed by atoms with van der Waals surface area (Å²) >= 11 is 0. The van der Waals surface area contributed by atoms with Gasteiger partial charge in [0.25, 0.3) is 5.91 Å². The molecule has 4 heteroatoms. The van der Waals surface area contributed by atoms with E-state index in [2.05, 4.69) is 10.1 Å². The van der Waals surface area contributed by atoms with E-state index in [1.54, 1.807) is 18.2 Å². The maximum absolute atomic E-state index is 11.1. The van der Waals surface area contributed by atoms with Crippen LogP contribution in [0.4, 0.5) is 0 Å². The Morgan fingerprint density at radius 2 is 2.08 bits per heavy atom. The third kappa shape index (κ3) is 1.12. The first-order valence-corrected chi connectivity index (χ1v) is 3.73. The number of carbonyl (C=O) groups is 1. The second kappa shape index (κ2) is 2.82. The van der Waals surface area contributed by atoms with Crippen molar-refractivity contribution in [2.75, 3.05) is 0 Å². The molecule has 13 heavy (non-hydrogen) atoms. The number of oxime groups is 1. The molecular formula is C9H6N2O2. The van der Waals surface area contributed by atoms with Crippen LogP contribution in [0.2, 0.25) is 0 Å². The lowest BCUT2D eigenvalue weighted by molar-refractivity contribution is -0.111. The van der Waals surface area contributed by atoms with Crippen LogP contribution in [0.5, 0.6) is 0 Å². The highest BCUT2D eigenvalue weighted by atomic mass is 16.4. The average molecular weight is 174 g/mol. The summed E-state index contributed by atoms with van der Waals surface area (Å²) in [5.41, 5.74) is 1.40. The fourth-order valence-corrected chi connectivity index (χ4v) is 1.23. The Balaban J connectivity index is 2.67. The van der Waals surface area contributed by atoms with Crippen LogP contribution in [0.3, 0.4) is 0 Å². The van der Waals surface area contributed by atoms with Crippen molar-refractivity contribution in [3.63, 3.8) is 0 Å². The highest BCUT2D eigenvalue weighted by molar-refractivity contribution is 6.49. The number of hydrogen-bond acceptors (Lipinski definition) is 3. The molecule has 4 nitrogen and oxygen atoms in total. The third-order valence-corrected chi connectivity index (χ3v) is 1.84. The summed E-state index contributed by atoms with van der Waals surface area (Å²) < 4.78 is 0. The standard InChI is InChI=1S/C9H6N2O2/c12-9-8(11-13)7-4-2-1-3-6(7)5-10-9/h1-5,13H. The highest BCUT2D eigenvalue weighted by Crippen LogP contribution is 2.12. The van der Waals surface area contributed by atoms with Gasteiger partial charge in [-0.2, -0.15) is 0 Å². The van der Waals surface area contributed by atoms with E-state index in [-0.39, 0.29) is 5.71 Å². The molecule has 0 aromatic heterocycles. The summed E-state index contributed by atoms with van der Waals surface area (Å²) in [6.07, 6.45) is 1.46. The van der Waals surface area contributed by atoms with Crippen LogP contribution in [0.25, 0.3) is 0 Å². The number of rotatable bonds is 0. The Labute approximate surface area is 74.2 Å². The molecule has 1 aliphatic rings. The van der Waals surface area contributed by atoms with E-state index in [0.717, 1.165) is 5.56 Å². The summed E-state index contributed by atoms with van der Waals surface area (Å²) in [4.78, 5) is 14.7. The van der Waals surface area contributed by atoms with Crippen molar-refractivity contribution in [2.45, 2.75) is 0 Å². The Bertz CT molecular complexity index is 421. The van der Waals surface area contributed by atoms with E-state index in [4.69, 9.17) is 5.21 Å². The molecule has 1 N–H and O–H groups in total. The van der Waals surface area contributed by atoms with Crippen LogP contribution in [0.1, 0.15) is 11.1 Å². The molecule has 0 unspecified atom stereocenters. The average Bonchev–Trinajstić information content (AvgIpc) is 2.18. The van der Waals surface area contributed by atoms with Gasteiger partial charge >= 0.3 is 0 Å². The molecule has 2 rings (SSSR count). The number of hydrogen-bond donors (Lipinski definition) is 1. The zero-order valence-electron chi connectivity index (χ0n) is 6.64. The number of aliphatic imine (C=N–C) groups is 1. The molecule has 64 valence electrons. The predicted octanol–water partition coefficient (Wildman–Crippen LogP) is 0.824. The predicted molar refractivity (Wildman–Crippen MR) is 47.4 cm³/mol. The topological polar surface area (TPSA) is 62.0 Å². The van der Waals surface area contributed by atoms with Crippen LogP contribution in [-0.2, 0) is 4.79 Å². The van der Waals surface area contributed by atoms with Gasteiger partial charge in [-0.15, -0.1) is 0 Å². The van der Waals surface area contributed by atoms with E-state index in [9.17, 15) is 4.79 Å².